The Kier molecular flexibility index (Phi) is 4.10. The first-order valence-corrected chi connectivity index (χ1v) is 6.65. The molecule has 0 aliphatic carbocycles. The topological polar surface area (TPSA) is 42.9 Å². The Hall–Kier alpha value is -1.68. The number of hydrogen-bond acceptors (Lipinski definition) is 4. The number of thioether (sulfide) groups is 1. The molecule has 0 saturated heterocycles. The number of nitrogens with zero attached hydrogens (tertiary/aromatic N) is 2. The monoisotopic (exact) mass is 258 g/mol. The Balaban J connectivity index is 2.01. The maximum absolute atomic E-state index is 12.0. The molecule has 2 aromatic rings. The lowest BCUT2D eigenvalue weighted by molar-refractivity contribution is 0.102. The zero-order valence-corrected chi connectivity index (χ0v) is 11.2. The Morgan fingerprint density at radius 1 is 1.17 bits per heavy atom. The maximum atomic E-state index is 12.0. The molecule has 0 aliphatic rings. The molecule has 18 heavy (non-hydrogen) atoms. The molecule has 0 saturated carbocycles. The van der Waals surface area contributed by atoms with Gasteiger partial charge in [0, 0.05) is 18.0 Å². The second-order valence-electron chi connectivity index (χ2n) is 4.07. The van der Waals surface area contributed by atoms with E-state index in [1.165, 1.54) is 11.8 Å². The number of rotatable bonds is 4. The third kappa shape index (κ3) is 3.17. The fraction of sp³-hybridized carbons (Fsp3) is 0.214. The average Bonchev–Trinajstić information content (AvgIpc) is 2.38. The van der Waals surface area contributed by atoms with Crippen molar-refractivity contribution in [3.05, 3.63) is 53.3 Å². The van der Waals surface area contributed by atoms with Gasteiger partial charge in [-0.05, 0) is 25.0 Å². The second-order valence-corrected chi connectivity index (χ2v) is 5.01. The van der Waals surface area contributed by atoms with Crippen LogP contribution in [0.2, 0.25) is 0 Å². The van der Waals surface area contributed by atoms with E-state index in [9.17, 15) is 4.79 Å². The predicted molar refractivity (Wildman–Crippen MR) is 73.0 cm³/mol. The second kappa shape index (κ2) is 5.78. The highest BCUT2D eigenvalue weighted by molar-refractivity contribution is 7.99. The van der Waals surface area contributed by atoms with E-state index in [2.05, 4.69) is 9.97 Å². The van der Waals surface area contributed by atoms with Crippen molar-refractivity contribution in [2.24, 2.45) is 0 Å². The van der Waals surface area contributed by atoms with Crippen molar-refractivity contribution in [3.63, 3.8) is 0 Å². The van der Waals surface area contributed by atoms with Crippen LogP contribution in [0, 0.1) is 13.8 Å². The fourth-order valence-electron chi connectivity index (χ4n) is 1.55. The zero-order valence-electron chi connectivity index (χ0n) is 10.4. The number of aryl methyl sites for hydroxylation is 2. The first-order valence-electron chi connectivity index (χ1n) is 5.67. The number of aromatic nitrogens is 2. The zero-order chi connectivity index (χ0) is 13.0. The quantitative estimate of drug-likeness (QED) is 0.480. The van der Waals surface area contributed by atoms with Crippen LogP contribution in [0.5, 0.6) is 0 Å². The van der Waals surface area contributed by atoms with Crippen LogP contribution in [0.4, 0.5) is 0 Å². The highest BCUT2D eigenvalue weighted by Gasteiger charge is 2.09. The molecule has 1 heterocycles. The highest BCUT2D eigenvalue weighted by atomic mass is 32.2. The maximum Gasteiger partial charge on any atom is 0.187 e. The van der Waals surface area contributed by atoms with Crippen LogP contribution in [-0.2, 0) is 0 Å². The van der Waals surface area contributed by atoms with Crippen molar-refractivity contribution < 1.29 is 4.79 Å². The number of hydrogen-bond donors (Lipinski definition) is 0. The van der Waals surface area contributed by atoms with Gasteiger partial charge in [-0.25, -0.2) is 9.97 Å². The summed E-state index contributed by atoms with van der Waals surface area (Å²) in [5.41, 5.74) is 2.80. The number of Topliss-reactive ketones (excluding diaryl/α,β-unsaturated/α-hetero) is 1. The molecule has 4 heteroatoms. The Morgan fingerprint density at radius 2 is 1.83 bits per heavy atom. The lowest BCUT2D eigenvalue weighted by Gasteiger charge is -2.03. The van der Waals surface area contributed by atoms with Crippen molar-refractivity contribution in [3.8, 4) is 0 Å². The van der Waals surface area contributed by atoms with Gasteiger partial charge >= 0.3 is 0 Å². The Labute approximate surface area is 111 Å². The summed E-state index contributed by atoms with van der Waals surface area (Å²) < 4.78 is 0. The third-order valence-electron chi connectivity index (χ3n) is 2.54. The molecule has 0 radical (unpaired) electrons. The van der Waals surface area contributed by atoms with Crippen LogP contribution in [0.15, 0.2) is 41.8 Å². The first kappa shape index (κ1) is 12.8. The molecule has 0 atom stereocenters. The fourth-order valence-corrected chi connectivity index (χ4v) is 2.22. The normalized spacial score (nSPS) is 10.3. The van der Waals surface area contributed by atoms with Crippen LogP contribution in [0.3, 0.4) is 0 Å². The minimum absolute atomic E-state index is 0.113. The SMILES string of the molecule is Cc1cnc(SCC(=O)c2ccccc2C)nc1. The van der Waals surface area contributed by atoms with Crippen LogP contribution in [0.25, 0.3) is 0 Å². The molecule has 0 fully saturated rings. The summed E-state index contributed by atoms with van der Waals surface area (Å²) in [6.07, 6.45) is 3.52. The molecule has 0 unspecified atom stereocenters. The summed E-state index contributed by atoms with van der Waals surface area (Å²) in [5.74, 6) is 0.482. The van der Waals surface area contributed by atoms with Gasteiger partial charge in [-0.15, -0.1) is 0 Å². The van der Waals surface area contributed by atoms with E-state index in [1.807, 2.05) is 38.1 Å². The molecule has 1 aromatic heterocycles. The largest absolute Gasteiger partial charge is 0.293 e. The Morgan fingerprint density at radius 3 is 2.50 bits per heavy atom. The van der Waals surface area contributed by atoms with E-state index in [0.717, 1.165) is 16.7 Å². The van der Waals surface area contributed by atoms with Gasteiger partial charge in [0.1, 0.15) is 0 Å². The van der Waals surface area contributed by atoms with Gasteiger partial charge in [-0.2, -0.15) is 0 Å². The van der Waals surface area contributed by atoms with Crippen molar-refractivity contribution in [2.45, 2.75) is 19.0 Å². The average molecular weight is 258 g/mol. The van der Waals surface area contributed by atoms with Crippen LogP contribution >= 0.6 is 11.8 Å². The van der Waals surface area contributed by atoms with Gasteiger partial charge in [-0.3, -0.25) is 4.79 Å². The van der Waals surface area contributed by atoms with Gasteiger partial charge < -0.3 is 0 Å². The van der Waals surface area contributed by atoms with Gasteiger partial charge in [0.05, 0.1) is 5.75 Å². The van der Waals surface area contributed by atoms with E-state index >= 15 is 0 Å². The summed E-state index contributed by atoms with van der Waals surface area (Å²) in [4.78, 5) is 20.4. The number of benzene rings is 1. The van der Waals surface area contributed by atoms with Crippen molar-refractivity contribution in [1.29, 1.82) is 0 Å². The van der Waals surface area contributed by atoms with Crippen molar-refractivity contribution in [1.82, 2.24) is 9.97 Å². The third-order valence-corrected chi connectivity index (χ3v) is 3.41. The smallest absolute Gasteiger partial charge is 0.187 e. The van der Waals surface area contributed by atoms with Gasteiger partial charge in [-0.1, -0.05) is 36.0 Å². The van der Waals surface area contributed by atoms with Crippen LogP contribution in [0.1, 0.15) is 21.5 Å². The first-order chi connectivity index (χ1) is 8.66. The molecule has 0 N–H and O–H groups in total. The van der Waals surface area contributed by atoms with Gasteiger partial charge in [0.15, 0.2) is 10.9 Å². The van der Waals surface area contributed by atoms with Crippen molar-refractivity contribution >= 4 is 17.5 Å². The number of carbonyl (C=O) groups is 1. The van der Waals surface area contributed by atoms with E-state index < -0.39 is 0 Å². The van der Waals surface area contributed by atoms with E-state index in [0.29, 0.717) is 10.9 Å². The molecule has 0 amide bonds. The summed E-state index contributed by atoms with van der Waals surface area (Å²) in [6.45, 7) is 3.88. The van der Waals surface area contributed by atoms with E-state index in [-0.39, 0.29) is 5.78 Å². The van der Waals surface area contributed by atoms with Gasteiger partial charge in [0.25, 0.3) is 0 Å². The minimum atomic E-state index is 0.113. The predicted octanol–water partition coefficient (Wildman–Crippen LogP) is 3.07. The molecular weight excluding hydrogens is 244 g/mol. The summed E-state index contributed by atoms with van der Waals surface area (Å²) in [7, 11) is 0. The molecular formula is C14H14N2OS. The van der Waals surface area contributed by atoms with Crippen molar-refractivity contribution in [2.75, 3.05) is 5.75 Å². The molecule has 0 spiro atoms. The summed E-state index contributed by atoms with van der Waals surface area (Å²) in [6, 6.07) is 7.62. The molecule has 1 aromatic carbocycles. The van der Waals surface area contributed by atoms with E-state index in [4.69, 9.17) is 0 Å². The molecule has 3 nitrogen and oxygen atoms in total. The highest BCUT2D eigenvalue weighted by Crippen LogP contribution is 2.16. The lowest BCUT2D eigenvalue weighted by atomic mass is 10.1. The minimum Gasteiger partial charge on any atom is -0.293 e. The number of carbonyl (C=O) groups excluding carboxylic acids is 1. The number of ketones is 1. The van der Waals surface area contributed by atoms with Gasteiger partial charge in [0.2, 0.25) is 0 Å². The van der Waals surface area contributed by atoms with Crippen LogP contribution < -0.4 is 0 Å². The molecule has 0 bridgehead atoms. The van der Waals surface area contributed by atoms with Crippen LogP contribution in [-0.4, -0.2) is 21.5 Å². The molecule has 2 rings (SSSR count). The van der Waals surface area contributed by atoms with E-state index in [1.54, 1.807) is 12.4 Å². The molecule has 92 valence electrons. The summed E-state index contributed by atoms with van der Waals surface area (Å²) >= 11 is 1.37. The summed E-state index contributed by atoms with van der Waals surface area (Å²) in [5, 5.41) is 0.641. The standard InChI is InChI=1S/C14H14N2OS/c1-10-7-15-14(16-8-10)18-9-13(17)12-6-4-3-5-11(12)2/h3-8H,9H2,1-2H3. The molecule has 0 aliphatic heterocycles. The Bertz CT molecular complexity index is 552. The lowest BCUT2D eigenvalue weighted by Crippen LogP contribution is -2.05.